The summed E-state index contributed by atoms with van der Waals surface area (Å²) in [4.78, 5) is 37.6. The number of thioether (sulfide) groups is 1. The number of amides is 1. The van der Waals surface area contributed by atoms with E-state index in [1.165, 1.54) is 11.8 Å². The third-order valence-electron chi connectivity index (χ3n) is 6.09. The summed E-state index contributed by atoms with van der Waals surface area (Å²) in [7, 11) is 0. The molecule has 7 nitrogen and oxygen atoms in total. The molecule has 2 aliphatic rings. The number of aromatic nitrogens is 1. The zero-order chi connectivity index (χ0) is 26.5. The summed E-state index contributed by atoms with van der Waals surface area (Å²) in [5.74, 6) is -0.646. The lowest BCUT2D eigenvalue weighted by Crippen LogP contribution is -2.38. The van der Waals surface area contributed by atoms with Crippen molar-refractivity contribution >= 4 is 46.1 Å². The zero-order valence-corrected chi connectivity index (χ0v) is 22.2. The molecule has 192 valence electrons. The van der Waals surface area contributed by atoms with E-state index in [1.807, 2.05) is 77.0 Å². The van der Waals surface area contributed by atoms with E-state index in [4.69, 9.17) is 21.3 Å². The molecule has 1 aromatic heterocycles. The number of fused-ring (bicyclic) bond motifs is 1. The van der Waals surface area contributed by atoms with Gasteiger partial charge in [0.1, 0.15) is 0 Å². The topological polar surface area (TPSA) is 83.9 Å². The Hall–Kier alpha value is -3.88. The third-order valence-corrected chi connectivity index (χ3v) is 7.32. The number of carbonyl (C=O) groups excluding carboxylic acids is 2. The van der Waals surface area contributed by atoms with Gasteiger partial charge in [-0.25, -0.2) is 9.79 Å². The molecule has 2 aromatic carbocycles. The van der Waals surface area contributed by atoms with E-state index in [1.54, 1.807) is 19.2 Å². The SMILES string of the molecule is CCOC(=O)C1=C(c2ccccc2)N=C2SC=C(CC(=O)NCc3ccccn3)N2[C@@H]1c1ccccc1Cl. The first-order chi connectivity index (χ1) is 18.6. The molecule has 0 spiro atoms. The van der Waals surface area contributed by atoms with E-state index < -0.39 is 12.0 Å². The fraction of sp³-hybridized carbons (Fsp3) is 0.172. The van der Waals surface area contributed by atoms with Crippen LogP contribution in [0.5, 0.6) is 0 Å². The lowest BCUT2D eigenvalue weighted by Gasteiger charge is -2.37. The standard InChI is InChI=1S/C29H25ClN4O3S/c1-2-37-28(36)25-26(19-10-4-3-5-11-19)33-29-34(27(25)22-13-6-7-14-23(22)30)21(18-38-29)16-24(35)32-17-20-12-8-9-15-31-20/h3-15,18,27H,2,16-17H2,1H3,(H,32,35)/t27-/m1/s1. The van der Waals surface area contributed by atoms with Crippen LogP contribution in [-0.2, 0) is 20.9 Å². The van der Waals surface area contributed by atoms with Crippen molar-refractivity contribution in [3.05, 3.63) is 118 Å². The highest BCUT2D eigenvalue weighted by Crippen LogP contribution is 2.48. The van der Waals surface area contributed by atoms with Crippen LogP contribution in [-0.4, -0.2) is 33.5 Å². The second-order valence-electron chi connectivity index (χ2n) is 8.54. The predicted molar refractivity (Wildman–Crippen MR) is 150 cm³/mol. The van der Waals surface area contributed by atoms with Crippen LogP contribution in [0.25, 0.3) is 5.70 Å². The minimum atomic E-state index is -0.629. The van der Waals surface area contributed by atoms with Crippen molar-refractivity contribution in [1.82, 2.24) is 15.2 Å². The van der Waals surface area contributed by atoms with Crippen LogP contribution in [0.15, 0.2) is 101 Å². The van der Waals surface area contributed by atoms with Crippen LogP contribution in [0, 0.1) is 0 Å². The van der Waals surface area contributed by atoms with Crippen molar-refractivity contribution in [3.8, 4) is 0 Å². The van der Waals surface area contributed by atoms with Crippen LogP contribution in [0.1, 0.15) is 36.2 Å². The average Bonchev–Trinajstić information content (AvgIpc) is 3.34. The van der Waals surface area contributed by atoms with Crippen molar-refractivity contribution in [2.24, 2.45) is 4.99 Å². The Bertz CT molecular complexity index is 1440. The number of nitrogens with zero attached hydrogens (tertiary/aromatic N) is 3. The van der Waals surface area contributed by atoms with Crippen molar-refractivity contribution in [1.29, 1.82) is 0 Å². The molecule has 5 rings (SSSR count). The third kappa shape index (κ3) is 5.37. The lowest BCUT2D eigenvalue weighted by atomic mass is 9.91. The summed E-state index contributed by atoms with van der Waals surface area (Å²) in [6.45, 7) is 2.30. The van der Waals surface area contributed by atoms with E-state index in [0.717, 1.165) is 16.8 Å². The van der Waals surface area contributed by atoms with Gasteiger partial charge in [-0.3, -0.25) is 9.78 Å². The van der Waals surface area contributed by atoms with Gasteiger partial charge in [-0.2, -0.15) is 0 Å². The first-order valence-electron chi connectivity index (χ1n) is 12.2. The molecular weight excluding hydrogens is 520 g/mol. The molecule has 0 saturated carbocycles. The Balaban J connectivity index is 1.54. The van der Waals surface area contributed by atoms with Crippen LogP contribution in [0.2, 0.25) is 5.02 Å². The maximum Gasteiger partial charge on any atom is 0.338 e. The summed E-state index contributed by atoms with van der Waals surface area (Å²) in [6, 6.07) is 21.9. The molecule has 2 aliphatic heterocycles. The van der Waals surface area contributed by atoms with Gasteiger partial charge in [0.05, 0.1) is 42.6 Å². The first kappa shape index (κ1) is 25.8. The van der Waals surface area contributed by atoms with Gasteiger partial charge >= 0.3 is 5.97 Å². The van der Waals surface area contributed by atoms with Crippen LogP contribution in [0.3, 0.4) is 0 Å². The first-order valence-corrected chi connectivity index (χ1v) is 13.4. The van der Waals surface area contributed by atoms with Crippen molar-refractivity contribution in [3.63, 3.8) is 0 Å². The predicted octanol–water partition coefficient (Wildman–Crippen LogP) is 5.72. The Kier molecular flexibility index (Phi) is 7.91. The van der Waals surface area contributed by atoms with Crippen molar-refractivity contribution < 1.29 is 14.3 Å². The molecule has 0 unspecified atom stereocenters. The van der Waals surface area contributed by atoms with Gasteiger partial charge in [0.2, 0.25) is 5.91 Å². The summed E-state index contributed by atoms with van der Waals surface area (Å²) >= 11 is 8.12. The number of hydrogen-bond acceptors (Lipinski definition) is 7. The average molecular weight is 545 g/mol. The number of ether oxygens (including phenoxy) is 1. The Morgan fingerprint density at radius 3 is 2.55 bits per heavy atom. The van der Waals surface area contributed by atoms with Crippen molar-refractivity contribution in [2.75, 3.05) is 6.61 Å². The largest absolute Gasteiger partial charge is 0.463 e. The van der Waals surface area contributed by atoms with Crippen LogP contribution >= 0.6 is 23.4 Å². The van der Waals surface area contributed by atoms with Gasteiger partial charge in [-0.05, 0) is 36.1 Å². The number of benzene rings is 2. The summed E-state index contributed by atoms with van der Waals surface area (Å²) in [6.07, 6.45) is 1.78. The second-order valence-corrected chi connectivity index (χ2v) is 9.78. The molecule has 0 bridgehead atoms. The van der Waals surface area contributed by atoms with E-state index in [9.17, 15) is 9.59 Å². The van der Waals surface area contributed by atoms with Gasteiger partial charge in [0.25, 0.3) is 0 Å². The fourth-order valence-electron chi connectivity index (χ4n) is 4.40. The molecular formula is C29H25ClN4O3S. The summed E-state index contributed by atoms with van der Waals surface area (Å²) in [5, 5.41) is 6.00. The Morgan fingerprint density at radius 2 is 1.82 bits per heavy atom. The van der Waals surface area contributed by atoms with E-state index in [-0.39, 0.29) is 18.9 Å². The van der Waals surface area contributed by atoms with Crippen LogP contribution < -0.4 is 5.32 Å². The molecule has 3 heterocycles. The highest BCUT2D eigenvalue weighted by Gasteiger charge is 2.43. The highest BCUT2D eigenvalue weighted by molar-refractivity contribution is 8.16. The number of rotatable bonds is 8. The van der Waals surface area contributed by atoms with Crippen LogP contribution in [0.4, 0.5) is 0 Å². The minimum Gasteiger partial charge on any atom is -0.463 e. The van der Waals surface area contributed by atoms with Gasteiger partial charge < -0.3 is 15.0 Å². The lowest BCUT2D eigenvalue weighted by molar-refractivity contribution is -0.139. The minimum absolute atomic E-state index is 0.0938. The monoisotopic (exact) mass is 544 g/mol. The Labute approximate surface area is 230 Å². The molecule has 9 heteroatoms. The van der Waals surface area contributed by atoms with E-state index in [0.29, 0.717) is 33.7 Å². The number of esters is 1. The maximum absolute atomic E-state index is 13.5. The molecule has 38 heavy (non-hydrogen) atoms. The van der Waals surface area contributed by atoms with Gasteiger partial charge in [-0.1, -0.05) is 78.0 Å². The number of carbonyl (C=O) groups is 2. The van der Waals surface area contributed by atoms with Crippen molar-refractivity contribution in [2.45, 2.75) is 25.9 Å². The quantitative estimate of drug-likeness (QED) is 0.365. The smallest absolute Gasteiger partial charge is 0.338 e. The molecule has 0 radical (unpaired) electrons. The van der Waals surface area contributed by atoms with Gasteiger partial charge in [0.15, 0.2) is 5.17 Å². The molecule has 1 amide bonds. The summed E-state index contributed by atoms with van der Waals surface area (Å²) < 4.78 is 5.53. The number of aliphatic imine (C=N–C) groups is 1. The van der Waals surface area contributed by atoms with E-state index >= 15 is 0 Å². The zero-order valence-electron chi connectivity index (χ0n) is 20.6. The highest BCUT2D eigenvalue weighted by atomic mass is 35.5. The van der Waals surface area contributed by atoms with Gasteiger partial charge in [0, 0.05) is 22.5 Å². The number of amidine groups is 1. The molecule has 3 aromatic rings. The normalized spacial score (nSPS) is 16.5. The number of nitrogens with one attached hydrogen (secondary N) is 1. The number of pyridine rings is 1. The second kappa shape index (κ2) is 11.7. The maximum atomic E-state index is 13.5. The molecule has 1 atom stereocenters. The van der Waals surface area contributed by atoms with E-state index in [2.05, 4.69) is 10.3 Å². The summed E-state index contributed by atoms with van der Waals surface area (Å²) in [5.41, 5.74) is 3.90. The molecule has 0 saturated heterocycles. The molecule has 0 fully saturated rings. The Morgan fingerprint density at radius 1 is 1.05 bits per heavy atom. The molecule has 1 N–H and O–H groups in total. The molecule has 0 aliphatic carbocycles. The van der Waals surface area contributed by atoms with Gasteiger partial charge in [-0.15, -0.1) is 0 Å². The number of hydrogen-bond donors (Lipinski definition) is 1. The number of halogens is 1. The fourth-order valence-corrected chi connectivity index (χ4v) is 5.56.